The molecule has 27 heavy (non-hydrogen) atoms. The standard InChI is InChI=1S/C21H18BrNO4/c1-3-27-19-11-13(10-17(22)20(19)26-2)8-9-14-12-16(21(24)25)15-6-4-5-7-18(15)23-14/h4-12H,3H2,1-2H3,(H,24,25)/b9-8+. The molecule has 0 amide bonds. The van der Waals surface area contributed by atoms with Crippen LogP contribution in [0.25, 0.3) is 23.1 Å². The lowest BCUT2D eigenvalue weighted by atomic mass is 10.1. The predicted molar refractivity (Wildman–Crippen MR) is 109 cm³/mol. The van der Waals surface area contributed by atoms with Crippen LogP contribution in [0.4, 0.5) is 0 Å². The number of hydrogen-bond acceptors (Lipinski definition) is 4. The van der Waals surface area contributed by atoms with Gasteiger partial charge in [0.15, 0.2) is 11.5 Å². The van der Waals surface area contributed by atoms with Crippen molar-refractivity contribution in [1.82, 2.24) is 4.98 Å². The van der Waals surface area contributed by atoms with Gasteiger partial charge in [-0.3, -0.25) is 0 Å². The number of fused-ring (bicyclic) bond motifs is 1. The molecular weight excluding hydrogens is 410 g/mol. The van der Waals surface area contributed by atoms with E-state index >= 15 is 0 Å². The minimum Gasteiger partial charge on any atom is -0.492 e. The van der Waals surface area contributed by atoms with Crippen molar-refractivity contribution >= 4 is 45.0 Å². The van der Waals surface area contributed by atoms with Crippen LogP contribution in [0.2, 0.25) is 0 Å². The Morgan fingerprint density at radius 1 is 1.22 bits per heavy atom. The lowest BCUT2D eigenvalue weighted by Crippen LogP contribution is -2.00. The molecule has 1 aromatic heterocycles. The second-order valence-corrected chi connectivity index (χ2v) is 6.57. The fraction of sp³-hybridized carbons (Fsp3) is 0.143. The Balaban J connectivity index is 2.02. The number of pyridine rings is 1. The molecule has 0 spiro atoms. The first-order valence-electron chi connectivity index (χ1n) is 8.35. The number of nitrogens with zero attached hydrogens (tertiary/aromatic N) is 1. The smallest absolute Gasteiger partial charge is 0.336 e. The summed E-state index contributed by atoms with van der Waals surface area (Å²) in [5.74, 6) is 0.284. The maximum absolute atomic E-state index is 11.6. The summed E-state index contributed by atoms with van der Waals surface area (Å²) in [5.41, 5.74) is 2.31. The monoisotopic (exact) mass is 427 g/mol. The van der Waals surface area contributed by atoms with Crippen LogP contribution in [0, 0.1) is 0 Å². The average molecular weight is 428 g/mol. The number of carboxylic acid groups (broad SMARTS) is 1. The van der Waals surface area contributed by atoms with Crippen LogP contribution in [-0.2, 0) is 0 Å². The molecule has 6 heteroatoms. The van der Waals surface area contributed by atoms with Crippen LogP contribution >= 0.6 is 15.9 Å². The summed E-state index contributed by atoms with van der Waals surface area (Å²) in [6.07, 6.45) is 3.64. The summed E-state index contributed by atoms with van der Waals surface area (Å²) in [5, 5.41) is 10.1. The Labute approximate surface area is 165 Å². The Morgan fingerprint density at radius 2 is 2.00 bits per heavy atom. The minimum atomic E-state index is -0.978. The van der Waals surface area contributed by atoms with E-state index in [0.29, 0.717) is 34.7 Å². The molecule has 0 atom stereocenters. The Bertz CT molecular complexity index is 1030. The van der Waals surface area contributed by atoms with Gasteiger partial charge in [-0.2, -0.15) is 0 Å². The van der Waals surface area contributed by atoms with Crippen molar-refractivity contribution in [3.63, 3.8) is 0 Å². The summed E-state index contributed by atoms with van der Waals surface area (Å²) in [6.45, 7) is 2.42. The SMILES string of the molecule is CCOc1cc(/C=C/c2cc(C(=O)O)c3ccccc3n2)cc(Br)c1OC. The van der Waals surface area contributed by atoms with E-state index in [9.17, 15) is 9.90 Å². The van der Waals surface area contributed by atoms with E-state index in [1.165, 1.54) is 0 Å². The van der Waals surface area contributed by atoms with Crippen LogP contribution < -0.4 is 9.47 Å². The lowest BCUT2D eigenvalue weighted by Gasteiger charge is -2.12. The van der Waals surface area contributed by atoms with Crippen molar-refractivity contribution in [2.75, 3.05) is 13.7 Å². The zero-order valence-corrected chi connectivity index (χ0v) is 16.5. The van der Waals surface area contributed by atoms with E-state index in [4.69, 9.17) is 9.47 Å². The highest BCUT2D eigenvalue weighted by molar-refractivity contribution is 9.10. The molecule has 1 N–H and O–H groups in total. The molecule has 1 heterocycles. The molecule has 0 aliphatic heterocycles. The number of methoxy groups -OCH3 is 1. The van der Waals surface area contributed by atoms with Crippen molar-refractivity contribution in [2.45, 2.75) is 6.92 Å². The van der Waals surface area contributed by atoms with Gasteiger partial charge in [-0.25, -0.2) is 9.78 Å². The number of aromatic nitrogens is 1. The van der Waals surface area contributed by atoms with Gasteiger partial charge in [0.25, 0.3) is 0 Å². The van der Waals surface area contributed by atoms with E-state index in [1.54, 1.807) is 37.5 Å². The van der Waals surface area contributed by atoms with Gasteiger partial charge in [-0.1, -0.05) is 24.3 Å². The second-order valence-electron chi connectivity index (χ2n) is 5.72. The third-order valence-electron chi connectivity index (χ3n) is 3.95. The number of halogens is 1. The molecule has 0 saturated heterocycles. The number of hydrogen-bond donors (Lipinski definition) is 1. The van der Waals surface area contributed by atoms with Gasteiger partial charge in [-0.05, 0) is 58.8 Å². The van der Waals surface area contributed by atoms with E-state index in [1.807, 2.05) is 31.2 Å². The molecule has 2 aromatic carbocycles. The third-order valence-corrected chi connectivity index (χ3v) is 4.54. The minimum absolute atomic E-state index is 0.228. The summed E-state index contributed by atoms with van der Waals surface area (Å²) in [7, 11) is 1.59. The lowest BCUT2D eigenvalue weighted by molar-refractivity contribution is 0.0699. The highest BCUT2D eigenvalue weighted by Gasteiger charge is 2.12. The highest BCUT2D eigenvalue weighted by Crippen LogP contribution is 2.37. The number of rotatable bonds is 6. The molecule has 0 saturated carbocycles. The molecule has 3 rings (SSSR count). The topological polar surface area (TPSA) is 68.7 Å². The first-order chi connectivity index (χ1) is 13.0. The van der Waals surface area contributed by atoms with Crippen LogP contribution in [-0.4, -0.2) is 29.8 Å². The zero-order valence-electron chi connectivity index (χ0n) is 14.9. The molecule has 0 radical (unpaired) electrons. The fourth-order valence-corrected chi connectivity index (χ4v) is 3.41. The van der Waals surface area contributed by atoms with Crippen LogP contribution in [0.15, 0.2) is 46.9 Å². The van der Waals surface area contributed by atoms with Gasteiger partial charge in [0.05, 0.1) is 35.0 Å². The van der Waals surface area contributed by atoms with Crippen LogP contribution in [0.1, 0.15) is 28.5 Å². The summed E-state index contributed by atoms with van der Waals surface area (Å²) in [4.78, 5) is 16.1. The second kappa shape index (κ2) is 8.22. The fourth-order valence-electron chi connectivity index (χ4n) is 2.79. The van der Waals surface area contributed by atoms with Crippen molar-refractivity contribution in [1.29, 1.82) is 0 Å². The molecular formula is C21H18BrNO4. The van der Waals surface area contributed by atoms with Crippen LogP contribution in [0.5, 0.6) is 11.5 Å². The molecule has 138 valence electrons. The summed E-state index contributed by atoms with van der Waals surface area (Å²) < 4.78 is 11.8. The number of benzene rings is 2. The molecule has 0 unspecified atom stereocenters. The number of carboxylic acids is 1. The van der Waals surface area contributed by atoms with Gasteiger partial charge in [0.2, 0.25) is 0 Å². The molecule has 3 aromatic rings. The average Bonchev–Trinajstić information content (AvgIpc) is 2.65. The Hall–Kier alpha value is -2.86. The van der Waals surface area contributed by atoms with Crippen molar-refractivity contribution in [3.05, 3.63) is 63.8 Å². The molecule has 0 fully saturated rings. The Kier molecular flexibility index (Phi) is 5.76. The maximum atomic E-state index is 11.6. The first kappa shape index (κ1) is 18.9. The number of para-hydroxylation sites is 1. The zero-order chi connectivity index (χ0) is 19.4. The third kappa shape index (κ3) is 4.11. The van der Waals surface area contributed by atoms with Crippen LogP contribution in [0.3, 0.4) is 0 Å². The normalized spacial score (nSPS) is 11.1. The number of ether oxygens (including phenoxy) is 2. The van der Waals surface area contributed by atoms with E-state index in [2.05, 4.69) is 20.9 Å². The number of aromatic carboxylic acids is 1. The molecule has 5 nitrogen and oxygen atoms in total. The maximum Gasteiger partial charge on any atom is 0.336 e. The summed E-state index contributed by atoms with van der Waals surface area (Å²) >= 11 is 3.49. The van der Waals surface area contributed by atoms with Gasteiger partial charge in [0.1, 0.15) is 0 Å². The van der Waals surface area contributed by atoms with Gasteiger partial charge >= 0.3 is 5.97 Å². The van der Waals surface area contributed by atoms with Gasteiger partial charge in [0, 0.05) is 5.39 Å². The van der Waals surface area contributed by atoms with E-state index in [0.717, 1.165) is 10.0 Å². The first-order valence-corrected chi connectivity index (χ1v) is 9.14. The number of carbonyl (C=O) groups is 1. The molecule has 0 aliphatic rings. The van der Waals surface area contributed by atoms with Gasteiger partial charge in [-0.15, -0.1) is 0 Å². The van der Waals surface area contributed by atoms with E-state index < -0.39 is 5.97 Å². The molecule has 0 bridgehead atoms. The van der Waals surface area contributed by atoms with Crippen molar-refractivity contribution in [2.24, 2.45) is 0 Å². The predicted octanol–water partition coefficient (Wildman–Crippen LogP) is 5.27. The van der Waals surface area contributed by atoms with Gasteiger partial charge < -0.3 is 14.6 Å². The van der Waals surface area contributed by atoms with E-state index in [-0.39, 0.29) is 5.56 Å². The highest BCUT2D eigenvalue weighted by atomic mass is 79.9. The Morgan fingerprint density at radius 3 is 2.70 bits per heavy atom. The quantitative estimate of drug-likeness (QED) is 0.579. The largest absolute Gasteiger partial charge is 0.492 e. The molecule has 0 aliphatic carbocycles. The van der Waals surface area contributed by atoms with Crippen molar-refractivity contribution in [3.8, 4) is 11.5 Å². The van der Waals surface area contributed by atoms with Crippen molar-refractivity contribution < 1.29 is 19.4 Å². The summed E-state index contributed by atoms with van der Waals surface area (Å²) in [6, 6.07) is 12.5.